The molecule has 1 aliphatic rings. The van der Waals surface area contributed by atoms with Crippen LogP contribution in [0.4, 0.5) is 0 Å². The Hall–Kier alpha value is -1.06. The lowest BCUT2D eigenvalue weighted by Gasteiger charge is -2.27. The van der Waals surface area contributed by atoms with Gasteiger partial charge < -0.3 is 10.4 Å². The van der Waals surface area contributed by atoms with Gasteiger partial charge in [0, 0.05) is 38.3 Å². The zero-order valence-corrected chi connectivity index (χ0v) is 12.4. The van der Waals surface area contributed by atoms with Gasteiger partial charge in [-0.25, -0.2) is 0 Å². The van der Waals surface area contributed by atoms with E-state index in [2.05, 4.69) is 37.1 Å². The van der Waals surface area contributed by atoms with E-state index >= 15 is 0 Å². The molecule has 0 aromatic heterocycles. The highest BCUT2D eigenvalue weighted by atomic mass is 16.3. The molecule has 3 nitrogen and oxygen atoms in total. The summed E-state index contributed by atoms with van der Waals surface area (Å²) >= 11 is 0. The molecule has 3 heteroatoms. The van der Waals surface area contributed by atoms with Crippen LogP contribution in [-0.4, -0.2) is 36.2 Å². The van der Waals surface area contributed by atoms with Gasteiger partial charge in [0.2, 0.25) is 0 Å². The quantitative estimate of drug-likeness (QED) is 0.878. The summed E-state index contributed by atoms with van der Waals surface area (Å²) in [6.45, 7) is 11.8. The summed E-state index contributed by atoms with van der Waals surface area (Å²) < 4.78 is 0. The molecule has 0 atom stereocenters. The van der Waals surface area contributed by atoms with Crippen LogP contribution in [0, 0.1) is 5.41 Å². The van der Waals surface area contributed by atoms with E-state index in [0.29, 0.717) is 5.75 Å². The van der Waals surface area contributed by atoms with E-state index in [9.17, 15) is 5.11 Å². The Morgan fingerprint density at radius 3 is 2.53 bits per heavy atom. The first-order valence-electron chi connectivity index (χ1n) is 7.18. The highest BCUT2D eigenvalue weighted by Crippen LogP contribution is 2.25. The van der Waals surface area contributed by atoms with Gasteiger partial charge in [0.25, 0.3) is 0 Å². The van der Waals surface area contributed by atoms with Crippen molar-refractivity contribution in [3.8, 4) is 5.75 Å². The number of nitrogens with zero attached hydrogens (tertiary/aromatic N) is 1. The van der Waals surface area contributed by atoms with E-state index in [-0.39, 0.29) is 5.41 Å². The van der Waals surface area contributed by atoms with Gasteiger partial charge in [-0.2, -0.15) is 0 Å². The third-order valence-electron chi connectivity index (χ3n) is 3.48. The molecule has 1 aromatic rings. The summed E-state index contributed by atoms with van der Waals surface area (Å²) in [5.74, 6) is 0.427. The summed E-state index contributed by atoms with van der Waals surface area (Å²) in [5, 5.41) is 13.4. The molecule has 2 N–H and O–H groups in total. The molecule has 19 heavy (non-hydrogen) atoms. The summed E-state index contributed by atoms with van der Waals surface area (Å²) in [5.41, 5.74) is 2.66. The zero-order chi connectivity index (χ0) is 13.9. The van der Waals surface area contributed by atoms with Crippen molar-refractivity contribution in [3.63, 3.8) is 0 Å². The van der Waals surface area contributed by atoms with E-state index in [1.54, 1.807) is 0 Å². The summed E-state index contributed by atoms with van der Waals surface area (Å²) in [7, 11) is 0. The number of piperazine rings is 1. The number of aromatic hydroxyl groups is 1. The fraction of sp³-hybridized carbons (Fsp3) is 0.625. The zero-order valence-electron chi connectivity index (χ0n) is 12.4. The lowest BCUT2D eigenvalue weighted by atomic mass is 9.87. The monoisotopic (exact) mass is 262 g/mol. The van der Waals surface area contributed by atoms with Gasteiger partial charge in [-0.1, -0.05) is 32.9 Å². The maximum atomic E-state index is 10.0. The number of nitrogens with one attached hydrogen (secondary N) is 1. The van der Waals surface area contributed by atoms with Crippen LogP contribution in [0.2, 0.25) is 0 Å². The largest absolute Gasteiger partial charge is 0.508 e. The summed E-state index contributed by atoms with van der Waals surface area (Å²) in [6.07, 6.45) is 1.04. The number of hydrogen-bond acceptors (Lipinski definition) is 3. The van der Waals surface area contributed by atoms with Crippen molar-refractivity contribution in [3.05, 3.63) is 29.3 Å². The Labute approximate surface area is 116 Å². The third-order valence-corrected chi connectivity index (χ3v) is 3.48. The molecular formula is C16H26N2O. The molecule has 0 amide bonds. The molecule has 2 rings (SSSR count). The maximum absolute atomic E-state index is 10.0. The average molecular weight is 262 g/mol. The molecule has 0 spiro atoms. The van der Waals surface area contributed by atoms with E-state index in [4.69, 9.17) is 0 Å². The van der Waals surface area contributed by atoms with Crippen molar-refractivity contribution in [2.24, 2.45) is 5.41 Å². The van der Waals surface area contributed by atoms with Crippen LogP contribution < -0.4 is 5.32 Å². The molecule has 1 fully saturated rings. The van der Waals surface area contributed by atoms with Crippen molar-refractivity contribution in [2.45, 2.75) is 33.7 Å². The molecule has 0 radical (unpaired) electrons. The first-order chi connectivity index (χ1) is 8.94. The van der Waals surface area contributed by atoms with E-state index in [1.807, 2.05) is 12.1 Å². The van der Waals surface area contributed by atoms with Crippen LogP contribution in [0.1, 0.15) is 31.9 Å². The number of rotatable bonds is 3. The molecule has 1 heterocycles. The number of phenols is 1. The van der Waals surface area contributed by atoms with Gasteiger partial charge in [0.1, 0.15) is 5.75 Å². The minimum atomic E-state index is 0.281. The standard InChI is InChI=1S/C16H26N2O/c1-16(2,3)11-13-4-5-15(19)14(10-13)12-18-8-6-17-7-9-18/h4-5,10,17,19H,6-9,11-12H2,1-3H3. The fourth-order valence-electron chi connectivity index (χ4n) is 2.60. The Bertz CT molecular complexity index is 417. The highest BCUT2D eigenvalue weighted by Gasteiger charge is 2.15. The van der Waals surface area contributed by atoms with Crippen LogP contribution in [0.3, 0.4) is 0 Å². The predicted octanol–water partition coefficient (Wildman–Crippen LogP) is 2.39. The summed E-state index contributed by atoms with van der Waals surface area (Å²) in [4.78, 5) is 2.40. The Morgan fingerprint density at radius 1 is 1.21 bits per heavy atom. The molecule has 1 saturated heterocycles. The lowest BCUT2D eigenvalue weighted by molar-refractivity contribution is 0.230. The fourth-order valence-corrected chi connectivity index (χ4v) is 2.60. The molecule has 1 aromatic carbocycles. The number of hydrogen-bond donors (Lipinski definition) is 2. The van der Waals surface area contributed by atoms with Crippen molar-refractivity contribution in [1.29, 1.82) is 0 Å². The van der Waals surface area contributed by atoms with Crippen molar-refractivity contribution < 1.29 is 5.11 Å². The molecule has 0 unspecified atom stereocenters. The average Bonchev–Trinajstić information content (AvgIpc) is 2.33. The van der Waals surface area contributed by atoms with Gasteiger partial charge in [-0.3, -0.25) is 4.90 Å². The molecule has 0 saturated carbocycles. The van der Waals surface area contributed by atoms with E-state index in [1.165, 1.54) is 5.56 Å². The van der Waals surface area contributed by atoms with E-state index < -0.39 is 0 Å². The van der Waals surface area contributed by atoms with Gasteiger partial charge >= 0.3 is 0 Å². The second kappa shape index (κ2) is 5.93. The highest BCUT2D eigenvalue weighted by molar-refractivity contribution is 5.36. The van der Waals surface area contributed by atoms with Gasteiger partial charge in [-0.05, 0) is 23.5 Å². The normalized spacial score (nSPS) is 17.6. The summed E-state index contributed by atoms with van der Waals surface area (Å²) in [6, 6.07) is 6.06. The van der Waals surface area contributed by atoms with Crippen molar-refractivity contribution >= 4 is 0 Å². The van der Waals surface area contributed by atoms with Crippen molar-refractivity contribution in [2.75, 3.05) is 26.2 Å². The number of phenolic OH excluding ortho intramolecular Hbond substituents is 1. The second-order valence-electron chi connectivity index (χ2n) is 6.73. The Morgan fingerprint density at radius 2 is 1.89 bits per heavy atom. The maximum Gasteiger partial charge on any atom is 0.120 e. The molecule has 1 aliphatic heterocycles. The molecule has 0 bridgehead atoms. The minimum absolute atomic E-state index is 0.281. The third kappa shape index (κ3) is 4.51. The van der Waals surface area contributed by atoms with Gasteiger partial charge in [0.15, 0.2) is 0 Å². The van der Waals surface area contributed by atoms with Crippen LogP contribution in [0.15, 0.2) is 18.2 Å². The molecular weight excluding hydrogens is 236 g/mol. The van der Waals surface area contributed by atoms with Crippen LogP contribution in [-0.2, 0) is 13.0 Å². The molecule has 106 valence electrons. The Kier molecular flexibility index (Phi) is 4.48. The SMILES string of the molecule is CC(C)(C)Cc1ccc(O)c(CN2CCNCC2)c1. The first-order valence-corrected chi connectivity index (χ1v) is 7.18. The smallest absolute Gasteiger partial charge is 0.120 e. The number of benzene rings is 1. The lowest BCUT2D eigenvalue weighted by Crippen LogP contribution is -2.42. The molecule has 0 aliphatic carbocycles. The van der Waals surface area contributed by atoms with Crippen LogP contribution in [0.5, 0.6) is 5.75 Å². The predicted molar refractivity (Wildman–Crippen MR) is 79.4 cm³/mol. The van der Waals surface area contributed by atoms with Gasteiger partial charge in [0.05, 0.1) is 0 Å². The minimum Gasteiger partial charge on any atom is -0.508 e. The van der Waals surface area contributed by atoms with Crippen LogP contribution >= 0.6 is 0 Å². The van der Waals surface area contributed by atoms with Gasteiger partial charge in [-0.15, -0.1) is 0 Å². The Balaban J connectivity index is 2.08. The second-order valence-corrected chi connectivity index (χ2v) is 6.73. The van der Waals surface area contributed by atoms with E-state index in [0.717, 1.165) is 44.7 Å². The van der Waals surface area contributed by atoms with Crippen molar-refractivity contribution in [1.82, 2.24) is 10.2 Å². The topological polar surface area (TPSA) is 35.5 Å². The first kappa shape index (κ1) is 14.4. The van der Waals surface area contributed by atoms with Crippen LogP contribution in [0.25, 0.3) is 0 Å².